The van der Waals surface area contributed by atoms with Gasteiger partial charge in [0, 0.05) is 29.4 Å². The topological polar surface area (TPSA) is 74.0 Å². The SMILES string of the molecule is CN(C)CCn1ncc2cc(C(=O)/C(C#N)=C/Nc3ccccc3)ccc21. The van der Waals surface area contributed by atoms with Gasteiger partial charge in [-0.1, -0.05) is 18.2 Å². The van der Waals surface area contributed by atoms with E-state index in [1.807, 2.05) is 61.2 Å². The fraction of sp³-hybridized carbons (Fsp3) is 0.190. The van der Waals surface area contributed by atoms with Crippen molar-refractivity contribution in [2.24, 2.45) is 0 Å². The van der Waals surface area contributed by atoms with Crippen molar-refractivity contribution in [1.82, 2.24) is 14.7 Å². The second-order valence-corrected chi connectivity index (χ2v) is 6.45. The lowest BCUT2D eigenvalue weighted by molar-refractivity contribution is 0.103. The number of nitriles is 1. The van der Waals surface area contributed by atoms with Gasteiger partial charge in [-0.2, -0.15) is 10.4 Å². The van der Waals surface area contributed by atoms with Crippen LogP contribution >= 0.6 is 0 Å². The lowest BCUT2D eigenvalue weighted by Crippen LogP contribution is -2.18. The van der Waals surface area contributed by atoms with Crippen LogP contribution in [-0.2, 0) is 6.54 Å². The average Bonchev–Trinajstić information content (AvgIpc) is 3.09. The molecule has 0 fully saturated rings. The molecule has 0 amide bonds. The summed E-state index contributed by atoms with van der Waals surface area (Å²) in [4.78, 5) is 14.8. The van der Waals surface area contributed by atoms with Crippen molar-refractivity contribution in [2.75, 3.05) is 26.0 Å². The Labute approximate surface area is 158 Å². The Bertz CT molecular complexity index is 1010. The van der Waals surface area contributed by atoms with E-state index in [1.54, 1.807) is 18.3 Å². The molecule has 6 heteroatoms. The molecule has 0 aliphatic carbocycles. The van der Waals surface area contributed by atoms with Crippen LogP contribution in [0.4, 0.5) is 5.69 Å². The number of likely N-dealkylation sites (N-methyl/N-ethyl adjacent to an activating group) is 1. The summed E-state index contributed by atoms with van der Waals surface area (Å²) in [5, 5.41) is 17.6. The highest BCUT2D eigenvalue weighted by Crippen LogP contribution is 2.18. The number of carbonyl (C=O) groups excluding carboxylic acids is 1. The predicted molar refractivity (Wildman–Crippen MR) is 106 cm³/mol. The first kappa shape index (κ1) is 18.4. The molecule has 0 aliphatic heterocycles. The zero-order valence-corrected chi connectivity index (χ0v) is 15.4. The number of fused-ring (bicyclic) bond motifs is 1. The van der Waals surface area contributed by atoms with Gasteiger partial charge < -0.3 is 10.2 Å². The van der Waals surface area contributed by atoms with Gasteiger partial charge in [0.25, 0.3) is 0 Å². The molecule has 27 heavy (non-hydrogen) atoms. The molecule has 6 nitrogen and oxygen atoms in total. The number of hydrogen-bond acceptors (Lipinski definition) is 5. The molecule has 0 radical (unpaired) electrons. The van der Waals surface area contributed by atoms with Crippen molar-refractivity contribution in [1.29, 1.82) is 5.26 Å². The second kappa shape index (κ2) is 8.30. The number of rotatable bonds is 7. The molecule has 0 aliphatic rings. The molecular formula is C21H21N5O. The van der Waals surface area contributed by atoms with E-state index < -0.39 is 0 Å². The Morgan fingerprint density at radius 1 is 1.26 bits per heavy atom. The zero-order valence-electron chi connectivity index (χ0n) is 15.4. The maximum atomic E-state index is 12.7. The third kappa shape index (κ3) is 4.40. The summed E-state index contributed by atoms with van der Waals surface area (Å²) in [5.41, 5.74) is 2.31. The molecular weight excluding hydrogens is 338 g/mol. The van der Waals surface area contributed by atoms with Gasteiger partial charge in [-0.3, -0.25) is 9.48 Å². The lowest BCUT2D eigenvalue weighted by atomic mass is 10.0. The molecule has 136 valence electrons. The molecule has 0 saturated heterocycles. The first-order chi connectivity index (χ1) is 13.1. The van der Waals surface area contributed by atoms with Crippen LogP contribution in [0.2, 0.25) is 0 Å². The molecule has 0 saturated carbocycles. The minimum Gasteiger partial charge on any atom is -0.360 e. The summed E-state index contributed by atoms with van der Waals surface area (Å²) in [6.45, 7) is 1.65. The number of ketones is 1. The van der Waals surface area contributed by atoms with Crippen molar-refractivity contribution in [3.05, 3.63) is 72.1 Å². The molecule has 3 aromatic rings. The minimum atomic E-state index is -0.316. The number of allylic oxidation sites excluding steroid dienone is 1. The number of aromatic nitrogens is 2. The number of nitrogens with zero attached hydrogens (tertiary/aromatic N) is 4. The lowest BCUT2D eigenvalue weighted by Gasteiger charge is -2.10. The Morgan fingerprint density at radius 3 is 2.74 bits per heavy atom. The number of nitrogens with one attached hydrogen (secondary N) is 1. The Morgan fingerprint density at radius 2 is 2.04 bits per heavy atom. The molecule has 0 unspecified atom stereocenters. The molecule has 1 heterocycles. The fourth-order valence-electron chi connectivity index (χ4n) is 2.70. The molecule has 1 aromatic heterocycles. The average molecular weight is 359 g/mol. The number of Topliss-reactive ketones (excluding diaryl/α,β-unsaturated/α-hetero) is 1. The number of hydrogen-bond donors (Lipinski definition) is 1. The fourth-order valence-corrected chi connectivity index (χ4v) is 2.70. The van der Waals surface area contributed by atoms with Gasteiger partial charge in [0.05, 0.1) is 18.3 Å². The van der Waals surface area contributed by atoms with E-state index in [0.29, 0.717) is 5.56 Å². The first-order valence-corrected chi connectivity index (χ1v) is 8.65. The van der Waals surface area contributed by atoms with Crippen LogP contribution in [0.1, 0.15) is 10.4 Å². The largest absolute Gasteiger partial charge is 0.360 e. The zero-order chi connectivity index (χ0) is 19.2. The summed E-state index contributed by atoms with van der Waals surface area (Å²) in [5.74, 6) is -0.316. The minimum absolute atomic E-state index is 0.0539. The summed E-state index contributed by atoms with van der Waals surface area (Å²) in [7, 11) is 4.03. The second-order valence-electron chi connectivity index (χ2n) is 6.45. The smallest absolute Gasteiger partial charge is 0.205 e. The van der Waals surface area contributed by atoms with E-state index in [4.69, 9.17) is 0 Å². The van der Waals surface area contributed by atoms with E-state index >= 15 is 0 Å². The number of carbonyl (C=O) groups is 1. The number of para-hydroxylation sites is 1. The van der Waals surface area contributed by atoms with Crippen LogP contribution in [-0.4, -0.2) is 41.1 Å². The highest BCUT2D eigenvalue weighted by molar-refractivity contribution is 6.12. The van der Waals surface area contributed by atoms with Crippen LogP contribution in [0.15, 0.2) is 66.5 Å². The monoisotopic (exact) mass is 359 g/mol. The summed E-state index contributed by atoms with van der Waals surface area (Å²) < 4.78 is 1.92. The van der Waals surface area contributed by atoms with Crippen molar-refractivity contribution in [3.63, 3.8) is 0 Å². The van der Waals surface area contributed by atoms with Crippen molar-refractivity contribution < 1.29 is 4.79 Å². The highest BCUT2D eigenvalue weighted by Gasteiger charge is 2.14. The molecule has 1 N–H and O–H groups in total. The predicted octanol–water partition coefficient (Wildman–Crippen LogP) is 3.30. The third-order valence-corrected chi connectivity index (χ3v) is 4.19. The molecule has 2 aromatic carbocycles. The Balaban J connectivity index is 1.81. The Kier molecular flexibility index (Phi) is 5.64. The number of benzene rings is 2. The standard InChI is InChI=1S/C21H21N5O/c1-25(2)10-11-26-20-9-8-16(12-17(20)15-24-26)21(27)18(13-22)14-23-19-6-4-3-5-7-19/h3-9,12,14-15,23H,10-11H2,1-2H3/b18-14+. The van der Waals surface area contributed by atoms with E-state index in [9.17, 15) is 10.1 Å². The summed E-state index contributed by atoms with van der Waals surface area (Å²) in [6, 6.07) is 16.8. The third-order valence-electron chi connectivity index (χ3n) is 4.19. The van der Waals surface area contributed by atoms with Crippen LogP contribution in [0.3, 0.4) is 0 Å². The van der Waals surface area contributed by atoms with E-state index in [-0.39, 0.29) is 11.4 Å². The van der Waals surface area contributed by atoms with Gasteiger partial charge in [-0.05, 0) is 44.4 Å². The molecule has 0 atom stereocenters. The quantitative estimate of drug-likeness (QED) is 0.398. The van der Waals surface area contributed by atoms with E-state index in [1.165, 1.54) is 6.20 Å². The van der Waals surface area contributed by atoms with Gasteiger partial charge in [0.1, 0.15) is 11.6 Å². The van der Waals surface area contributed by atoms with Crippen LogP contribution in [0, 0.1) is 11.3 Å². The molecule has 3 rings (SSSR count). The summed E-state index contributed by atoms with van der Waals surface area (Å²) >= 11 is 0. The van der Waals surface area contributed by atoms with Crippen molar-refractivity contribution in [2.45, 2.75) is 6.54 Å². The normalized spacial score (nSPS) is 11.6. The van der Waals surface area contributed by atoms with Gasteiger partial charge >= 0.3 is 0 Å². The maximum absolute atomic E-state index is 12.7. The van der Waals surface area contributed by atoms with E-state index in [2.05, 4.69) is 15.3 Å². The van der Waals surface area contributed by atoms with Crippen molar-refractivity contribution >= 4 is 22.4 Å². The van der Waals surface area contributed by atoms with Gasteiger partial charge in [-0.15, -0.1) is 0 Å². The van der Waals surface area contributed by atoms with Gasteiger partial charge in [-0.25, -0.2) is 0 Å². The Hall–Kier alpha value is -3.43. The maximum Gasteiger partial charge on any atom is 0.205 e. The van der Waals surface area contributed by atoms with Gasteiger partial charge in [0.15, 0.2) is 0 Å². The van der Waals surface area contributed by atoms with Crippen molar-refractivity contribution in [3.8, 4) is 6.07 Å². The molecule has 0 bridgehead atoms. The van der Waals surface area contributed by atoms with Gasteiger partial charge in [0.2, 0.25) is 5.78 Å². The highest BCUT2D eigenvalue weighted by atomic mass is 16.1. The van der Waals surface area contributed by atoms with Crippen LogP contribution < -0.4 is 5.32 Å². The van der Waals surface area contributed by atoms with Crippen LogP contribution in [0.5, 0.6) is 0 Å². The number of anilines is 1. The van der Waals surface area contributed by atoms with E-state index in [0.717, 1.165) is 29.7 Å². The molecule has 0 spiro atoms. The van der Waals surface area contributed by atoms with Crippen LogP contribution in [0.25, 0.3) is 10.9 Å². The summed E-state index contributed by atoms with van der Waals surface area (Å²) in [6.07, 6.45) is 3.20. The first-order valence-electron chi connectivity index (χ1n) is 8.65.